The lowest BCUT2D eigenvalue weighted by molar-refractivity contribution is 0.246. The molecule has 0 bridgehead atoms. The Morgan fingerprint density at radius 2 is 1.53 bits per heavy atom. The predicted molar refractivity (Wildman–Crippen MR) is 69.1 cm³/mol. The van der Waals surface area contributed by atoms with Crippen LogP contribution in [-0.2, 0) is 0 Å². The van der Waals surface area contributed by atoms with Gasteiger partial charge >= 0.3 is 0 Å². The summed E-state index contributed by atoms with van der Waals surface area (Å²) < 4.78 is 0. The van der Waals surface area contributed by atoms with Gasteiger partial charge in [0.05, 0.1) is 0 Å². The average Bonchev–Trinajstić information content (AvgIpc) is 2.25. The van der Waals surface area contributed by atoms with Crippen molar-refractivity contribution in [1.29, 1.82) is 0 Å². The van der Waals surface area contributed by atoms with Gasteiger partial charge in [0.1, 0.15) is 0 Å². The molecule has 2 nitrogen and oxygen atoms in total. The number of unbranched alkanes of at least 4 members (excludes halogenated alkanes) is 3. The number of nitrogens with zero attached hydrogens (tertiary/aromatic N) is 1. The Morgan fingerprint density at radius 1 is 0.933 bits per heavy atom. The van der Waals surface area contributed by atoms with Crippen molar-refractivity contribution < 1.29 is 0 Å². The Labute approximate surface area is 96.2 Å². The normalized spacial score (nSPS) is 13.4. The van der Waals surface area contributed by atoms with Gasteiger partial charge in [-0.1, -0.05) is 40.0 Å². The van der Waals surface area contributed by atoms with Gasteiger partial charge in [-0.05, 0) is 32.4 Å². The van der Waals surface area contributed by atoms with Crippen molar-refractivity contribution in [3.63, 3.8) is 0 Å². The summed E-state index contributed by atoms with van der Waals surface area (Å²) >= 11 is 0. The van der Waals surface area contributed by atoms with Crippen LogP contribution in [0.2, 0.25) is 0 Å². The van der Waals surface area contributed by atoms with Crippen LogP contribution in [0, 0.1) is 0 Å². The van der Waals surface area contributed by atoms with E-state index < -0.39 is 0 Å². The predicted octanol–water partition coefficient (Wildman–Crippen LogP) is 3.02. The first-order valence-corrected chi connectivity index (χ1v) is 6.72. The minimum atomic E-state index is 0.364. The smallest absolute Gasteiger partial charge is 0.0165 e. The molecule has 2 heteroatoms. The highest BCUT2D eigenvalue weighted by molar-refractivity contribution is 4.67. The molecular weight excluding hydrogens is 184 g/mol. The van der Waals surface area contributed by atoms with Crippen molar-refractivity contribution in [2.24, 2.45) is 5.73 Å². The SMILES string of the molecule is CCCCCN(CCCC)CC(N)CC. The van der Waals surface area contributed by atoms with Crippen molar-refractivity contribution in [3.05, 3.63) is 0 Å². The van der Waals surface area contributed by atoms with E-state index in [0.717, 1.165) is 13.0 Å². The van der Waals surface area contributed by atoms with Crippen LogP contribution in [0.5, 0.6) is 0 Å². The third-order valence-electron chi connectivity index (χ3n) is 2.92. The molecule has 1 atom stereocenters. The fourth-order valence-electron chi connectivity index (χ4n) is 1.72. The van der Waals surface area contributed by atoms with Crippen LogP contribution in [0.25, 0.3) is 0 Å². The standard InChI is InChI=1S/C13H30N2/c1-4-7-9-11-15(10-8-5-2)12-13(14)6-3/h13H,4-12,14H2,1-3H3. The van der Waals surface area contributed by atoms with Crippen molar-refractivity contribution in [2.45, 2.75) is 65.3 Å². The van der Waals surface area contributed by atoms with Gasteiger partial charge in [0.25, 0.3) is 0 Å². The lowest BCUT2D eigenvalue weighted by atomic mass is 10.2. The molecule has 0 aliphatic carbocycles. The zero-order valence-corrected chi connectivity index (χ0v) is 11.0. The van der Waals surface area contributed by atoms with Gasteiger partial charge in [-0.25, -0.2) is 0 Å². The summed E-state index contributed by atoms with van der Waals surface area (Å²) in [5.41, 5.74) is 6.01. The van der Waals surface area contributed by atoms with E-state index in [9.17, 15) is 0 Å². The Bertz CT molecular complexity index is 126. The van der Waals surface area contributed by atoms with Crippen LogP contribution in [-0.4, -0.2) is 30.6 Å². The highest BCUT2D eigenvalue weighted by Crippen LogP contribution is 2.02. The largest absolute Gasteiger partial charge is 0.327 e. The maximum Gasteiger partial charge on any atom is 0.0165 e. The topological polar surface area (TPSA) is 29.3 Å². The molecule has 0 heterocycles. The third-order valence-corrected chi connectivity index (χ3v) is 2.92. The van der Waals surface area contributed by atoms with Crippen LogP contribution in [0.4, 0.5) is 0 Å². The fourth-order valence-corrected chi connectivity index (χ4v) is 1.72. The summed E-state index contributed by atoms with van der Waals surface area (Å²) in [6.45, 7) is 10.2. The van der Waals surface area contributed by atoms with Gasteiger partial charge in [0.2, 0.25) is 0 Å². The molecule has 0 aliphatic rings. The van der Waals surface area contributed by atoms with Gasteiger partial charge in [0.15, 0.2) is 0 Å². The van der Waals surface area contributed by atoms with Crippen molar-refractivity contribution >= 4 is 0 Å². The molecule has 1 unspecified atom stereocenters. The van der Waals surface area contributed by atoms with E-state index in [1.807, 2.05) is 0 Å². The summed E-state index contributed by atoms with van der Waals surface area (Å²) in [5, 5.41) is 0. The van der Waals surface area contributed by atoms with Crippen LogP contribution in [0.3, 0.4) is 0 Å². The minimum absolute atomic E-state index is 0.364. The van der Waals surface area contributed by atoms with E-state index in [1.54, 1.807) is 0 Å². The van der Waals surface area contributed by atoms with Crippen molar-refractivity contribution in [2.75, 3.05) is 19.6 Å². The molecule has 0 aromatic heterocycles. The summed E-state index contributed by atoms with van der Waals surface area (Å²) in [5.74, 6) is 0. The first-order chi connectivity index (χ1) is 7.24. The van der Waals surface area contributed by atoms with Gasteiger partial charge in [0, 0.05) is 12.6 Å². The third kappa shape index (κ3) is 8.88. The maximum absolute atomic E-state index is 6.01. The molecule has 0 saturated heterocycles. The number of nitrogens with two attached hydrogens (primary N) is 1. The monoisotopic (exact) mass is 214 g/mol. The van der Waals surface area contributed by atoms with Crippen LogP contribution >= 0.6 is 0 Å². The Morgan fingerprint density at radius 3 is 2.07 bits per heavy atom. The van der Waals surface area contributed by atoms with Gasteiger partial charge in [-0.3, -0.25) is 0 Å². The Kier molecular flexibility index (Phi) is 10.4. The van der Waals surface area contributed by atoms with Crippen molar-refractivity contribution in [1.82, 2.24) is 4.90 Å². The van der Waals surface area contributed by atoms with Gasteiger partial charge < -0.3 is 10.6 Å². The fraction of sp³-hybridized carbons (Fsp3) is 1.00. The van der Waals surface area contributed by atoms with Gasteiger partial charge in [-0.15, -0.1) is 0 Å². The molecule has 0 aliphatic heterocycles. The number of hydrogen-bond donors (Lipinski definition) is 1. The highest BCUT2D eigenvalue weighted by Gasteiger charge is 2.08. The highest BCUT2D eigenvalue weighted by atomic mass is 15.1. The quantitative estimate of drug-likeness (QED) is 0.566. The minimum Gasteiger partial charge on any atom is -0.327 e. The zero-order valence-electron chi connectivity index (χ0n) is 11.0. The van der Waals surface area contributed by atoms with E-state index in [-0.39, 0.29) is 0 Å². The Balaban J connectivity index is 3.72. The van der Waals surface area contributed by atoms with E-state index in [4.69, 9.17) is 5.73 Å². The molecule has 0 aromatic carbocycles. The lowest BCUT2D eigenvalue weighted by Crippen LogP contribution is -2.38. The maximum atomic E-state index is 6.01. The van der Waals surface area contributed by atoms with Crippen LogP contribution in [0.1, 0.15) is 59.3 Å². The van der Waals surface area contributed by atoms with E-state index >= 15 is 0 Å². The summed E-state index contributed by atoms with van der Waals surface area (Å²) in [6, 6.07) is 0.364. The first-order valence-electron chi connectivity index (χ1n) is 6.72. The van der Waals surface area contributed by atoms with Crippen LogP contribution in [0.15, 0.2) is 0 Å². The molecule has 0 amide bonds. The molecule has 0 rings (SSSR count). The second kappa shape index (κ2) is 10.4. The Hall–Kier alpha value is -0.0800. The number of hydrogen-bond acceptors (Lipinski definition) is 2. The van der Waals surface area contributed by atoms with Crippen molar-refractivity contribution in [3.8, 4) is 0 Å². The molecule has 2 N–H and O–H groups in total. The summed E-state index contributed by atoms with van der Waals surface area (Å²) in [4.78, 5) is 2.55. The first kappa shape index (κ1) is 14.9. The molecule has 0 saturated carbocycles. The molecule has 92 valence electrons. The van der Waals surface area contributed by atoms with Gasteiger partial charge in [-0.2, -0.15) is 0 Å². The lowest BCUT2D eigenvalue weighted by Gasteiger charge is -2.25. The summed E-state index contributed by atoms with van der Waals surface area (Å²) in [7, 11) is 0. The zero-order chi connectivity index (χ0) is 11.5. The second-order valence-electron chi connectivity index (χ2n) is 4.53. The molecular formula is C13H30N2. The molecule has 0 radical (unpaired) electrons. The van der Waals surface area contributed by atoms with Crippen LogP contribution < -0.4 is 5.73 Å². The molecule has 15 heavy (non-hydrogen) atoms. The molecule has 0 spiro atoms. The second-order valence-corrected chi connectivity index (χ2v) is 4.53. The number of rotatable bonds is 10. The van der Waals surface area contributed by atoms with E-state index in [0.29, 0.717) is 6.04 Å². The average molecular weight is 214 g/mol. The molecule has 0 fully saturated rings. The molecule has 0 aromatic rings. The summed E-state index contributed by atoms with van der Waals surface area (Å²) in [6.07, 6.45) is 7.67. The van der Waals surface area contributed by atoms with E-state index in [2.05, 4.69) is 25.7 Å². The van der Waals surface area contributed by atoms with E-state index in [1.165, 1.54) is 45.2 Å².